The van der Waals surface area contributed by atoms with Crippen LogP contribution in [0.1, 0.15) is 16.8 Å². The van der Waals surface area contributed by atoms with Crippen LogP contribution in [0.4, 0.5) is 0 Å². The fourth-order valence-electron chi connectivity index (χ4n) is 1.87. The van der Waals surface area contributed by atoms with Gasteiger partial charge in [-0.1, -0.05) is 12.1 Å². The summed E-state index contributed by atoms with van der Waals surface area (Å²) in [5, 5.41) is 8.33. The van der Waals surface area contributed by atoms with Crippen LogP contribution in [0.25, 0.3) is 10.9 Å². The van der Waals surface area contributed by atoms with Crippen LogP contribution in [-0.2, 0) is 10.0 Å². The number of hydrogen-bond donors (Lipinski definition) is 2. The first-order valence-electron chi connectivity index (χ1n) is 6.10. The molecule has 6 nitrogen and oxygen atoms in total. The lowest BCUT2D eigenvalue weighted by Crippen LogP contribution is -2.27. The highest BCUT2D eigenvalue weighted by Crippen LogP contribution is 2.16. The van der Waals surface area contributed by atoms with E-state index in [1.165, 1.54) is 0 Å². The first-order chi connectivity index (χ1) is 9.47. The zero-order valence-corrected chi connectivity index (χ0v) is 11.6. The largest absolute Gasteiger partial charge is 0.352 e. The van der Waals surface area contributed by atoms with Crippen LogP contribution >= 0.6 is 0 Å². The molecule has 0 saturated heterocycles. The summed E-state index contributed by atoms with van der Waals surface area (Å²) in [5.74, 6) is -0.400. The van der Waals surface area contributed by atoms with Gasteiger partial charge < -0.3 is 5.32 Å². The molecule has 0 radical (unpaired) electrons. The number of carbonyl (C=O) groups is 1. The summed E-state index contributed by atoms with van der Waals surface area (Å²) in [7, 11) is -3.48. The molecular formula is C13H15N3O3S. The fraction of sp³-hybridized carbons (Fsp3) is 0.231. The van der Waals surface area contributed by atoms with Crippen LogP contribution in [0.5, 0.6) is 0 Å². The summed E-state index contributed by atoms with van der Waals surface area (Å²) in [6, 6.07) is 8.88. The van der Waals surface area contributed by atoms with Gasteiger partial charge in [-0.05, 0) is 24.6 Å². The van der Waals surface area contributed by atoms with Crippen molar-refractivity contribution in [2.75, 3.05) is 12.3 Å². The zero-order chi connectivity index (χ0) is 14.6. The minimum absolute atomic E-state index is 0.148. The van der Waals surface area contributed by atoms with E-state index in [0.29, 0.717) is 5.56 Å². The summed E-state index contributed by atoms with van der Waals surface area (Å²) >= 11 is 0. The molecule has 1 amide bonds. The molecule has 1 aromatic carbocycles. The van der Waals surface area contributed by atoms with E-state index in [4.69, 9.17) is 5.14 Å². The van der Waals surface area contributed by atoms with Crippen LogP contribution in [0.15, 0.2) is 36.5 Å². The van der Waals surface area contributed by atoms with Crippen LogP contribution in [0.2, 0.25) is 0 Å². The smallest absolute Gasteiger partial charge is 0.251 e. The zero-order valence-electron chi connectivity index (χ0n) is 10.7. The van der Waals surface area contributed by atoms with Gasteiger partial charge in [0.2, 0.25) is 10.0 Å². The van der Waals surface area contributed by atoms with E-state index in [-0.39, 0.29) is 24.6 Å². The third-order valence-corrected chi connectivity index (χ3v) is 3.64. The molecule has 20 heavy (non-hydrogen) atoms. The van der Waals surface area contributed by atoms with Crippen LogP contribution in [0, 0.1) is 0 Å². The second-order valence-corrected chi connectivity index (χ2v) is 6.09. The maximum absolute atomic E-state index is 12.1. The average Bonchev–Trinajstić information content (AvgIpc) is 2.41. The number of nitrogens with one attached hydrogen (secondary N) is 1. The Hall–Kier alpha value is -1.99. The molecule has 0 bridgehead atoms. The quantitative estimate of drug-likeness (QED) is 0.790. The monoisotopic (exact) mass is 293 g/mol. The molecule has 2 aromatic rings. The highest BCUT2D eigenvalue weighted by atomic mass is 32.2. The number of nitrogens with two attached hydrogens (primary N) is 1. The third kappa shape index (κ3) is 3.75. The Balaban J connectivity index is 2.05. The highest BCUT2D eigenvalue weighted by Gasteiger charge is 2.10. The molecule has 0 saturated carbocycles. The van der Waals surface area contributed by atoms with E-state index < -0.39 is 10.0 Å². The predicted octanol–water partition coefficient (Wildman–Crippen LogP) is 0.643. The summed E-state index contributed by atoms with van der Waals surface area (Å²) < 4.78 is 21.6. The number of fused-ring (bicyclic) bond motifs is 1. The van der Waals surface area contributed by atoms with E-state index in [9.17, 15) is 13.2 Å². The van der Waals surface area contributed by atoms with Gasteiger partial charge in [-0.15, -0.1) is 0 Å². The Bertz CT molecular complexity index is 723. The molecule has 1 heterocycles. The Kier molecular flexibility index (Phi) is 4.31. The summed E-state index contributed by atoms with van der Waals surface area (Å²) in [4.78, 5) is 16.2. The number of rotatable bonds is 5. The van der Waals surface area contributed by atoms with E-state index in [1.54, 1.807) is 24.4 Å². The van der Waals surface area contributed by atoms with Crippen molar-refractivity contribution in [3.63, 3.8) is 0 Å². The Morgan fingerprint density at radius 3 is 2.80 bits per heavy atom. The summed E-state index contributed by atoms with van der Waals surface area (Å²) in [5.41, 5.74) is 1.26. The minimum atomic E-state index is -3.48. The van der Waals surface area contributed by atoms with Gasteiger partial charge in [-0.3, -0.25) is 9.78 Å². The second-order valence-electron chi connectivity index (χ2n) is 4.35. The van der Waals surface area contributed by atoms with Gasteiger partial charge in [0.1, 0.15) is 0 Å². The van der Waals surface area contributed by atoms with E-state index in [1.807, 2.05) is 12.1 Å². The van der Waals surface area contributed by atoms with Gasteiger partial charge in [-0.25, -0.2) is 13.6 Å². The van der Waals surface area contributed by atoms with Crippen LogP contribution in [-0.4, -0.2) is 31.6 Å². The summed E-state index contributed by atoms with van der Waals surface area (Å²) in [6.45, 7) is 0.256. The first-order valence-corrected chi connectivity index (χ1v) is 7.81. The minimum Gasteiger partial charge on any atom is -0.352 e. The van der Waals surface area contributed by atoms with E-state index in [0.717, 1.165) is 10.9 Å². The Labute approximate surface area is 117 Å². The number of benzene rings is 1. The van der Waals surface area contributed by atoms with Crippen LogP contribution in [0.3, 0.4) is 0 Å². The number of pyridine rings is 1. The maximum Gasteiger partial charge on any atom is 0.251 e. The second kappa shape index (κ2) is 5.98. The van der Waals surface area contributed by atoms with Crippen molar-refractivity contribution < 1.29 is 13.2 Å². The lowest BCUT2D eigenvalue weighted by atomic mass is 10.1. The Morgan fingerprint density at radius 1 is 1.25 bits per heavy atom. The molecular weight excluding hydrogens is 278 g/mol. The van der Waals surface area contributed by atoms with Crippen molar-refractivity contribution >= 4 is 26.8 Å². The third-order valence-electron chi connectivity index (χ3n) is 2.78. The lowest BCUT2D eigenvalue weighted by Gasteiger charge is -2.07. The molecule has 7 heteroatoms. The lowest BCUT2D eigenvalue weighted by molar-refractivity contribution is 0.0955. The molecule has 0 atom stereocenters. The highest BCUT2D eigenvalue weighted by molar-refractivity contribution is 7.89. The molecule has 0 spiro atoms. The van der Waals surface area contributed by atoms with Crippen molar-refractivity contribution in [1.82, 2.24) is 10.3 Å². The normalized spacial score (nSPS) is 11.4. The topological polar surface area (TPSA) is 102 Å². The molecule has 106 valence electrons. The number of sulfonamides is 1. The Morgan fingerprint density at radius 2 is 2.05 bits per heavy atom. The van der Waals surface area contributed by atoms with Gasteiger partial charge in [0, 0.05) is 23.7 Å². The predicted molar refractivity (Wildman–Crippen MR) is 76.7 cm³/mol. The van der Waals surface area contributed by atoms with E-state index in [2.05, 4.69) is 10.3 Å². The van der Waals surface area contributed by atoms with Gasteiger partial charge in [0.25, 0.3) is 5.91 Å². The summed E-state index contributed by atoms with van der Waals surface area (Å²) in [6.07, 6.45) is 1.95. The number of carbonyl (C=O) groups excluding carboxylic acids is 1. The molecule has 2 rings (SSSR count). The van der Waals surface area contributed by atoms with Crippen molar-refractivity contribution in [2.45, 2.75) is 6.42 Å². The van der Waals surface area contributed by atoms with Crippen LogP contribution < -0.4 is 10.5 Å². The van der Waals surface area contributed by atoms with Crippen molar-refractivity contribution in [3.05, 3.63) is 42.1 Å². The molecule has 3 N–H and O–H groups in total. The molecule has 0 aliphatic heterocycles. The molecule has 0 aliphatic rings. The number of hydrogen-bond acceptors (Lipinski definition) is 4. The van der Waals surface area contributed by atoms with Crippen molar-refractivity contribution in [2.24, 2.45) is 5.14 Å². The van der Waals surface area contributed by atoms with Crippen molar-refractivity contribution in [1.29, 1.82) is 0 Å². The fourth-order valence-corrected chi connectivity index (χ4v) is 2.42. The first kappa shape index (κ1) is 14.4. The number of amides is 1. The number of nitrogens with zero attached hydrogens (tertiary/aromatic N) is 1. The van der Waals surface area contributed by atoms with Gasteiger partial charge in [0.15, 0.2) is 0 Å². The number of aromatic nitrogens is 1. The molecule has 0 unspecified atom stereocenters. The maximum atomic E-state index is 12.1. The average molecular weight is 293 g/mol. The molecule has 1 aromatic heterocycles. The molecule has 0 aliphatic carbocycles. The van der Waals surface area contributed by atoms with Gasteiger partial charge in [-0.2, -0.15) is 0 Å². The number of primary sulfonamides is 1. The molecule has 0 fully saturated rings. The SMILES string of the molecule is NS(=O)(=O)CCCNC(=O)c1cccc2ncccc12. The van der Waals surface area contributed by atoms with Crippen molar-refractivity contribution in [3.8, 4) is 0 Å². The standard InChI is InChI=1S/C13H15N3O3S/c14-20(18,19)9-3-8-16-13(17)11-4-1-6-12-10(11)5-2-7-15-12/h1-2,4-7H,3,8-9H2,(H,16,17)(H2,14,18,19). The van der Waals surface area contributed by atoms with Gasteiger partial charge in [0.05, 0.1) is 11.3 Å². The van der Waals surface area contributed by atoms with E-state index >= 15 is 0 Å². The van der Waals surface area contributed by atoms with Gasteiger partial charge >= 0.3 is 0 Å².